The molecule has 20 heavy (non-hydrogen) atoms. The third-order valence-corrected chi connectivity index (χ3v) is 2.51. The molecule has 2 aromatic carbocycles. The number of phenolic OH excluding ortho intramolecular Hbond substituents is 1. The van der Waals surface area contributed by atoms with Crippen LogP contribution in [0.15, 0.2) is 47.6 Å². The van der Waals surface area contributed by atoms with Crippen molar-refractivity contribution in [1.82, 2.24) is 5.43 Å². The molecule has 0 saturated carbocycles. The topological polar surface area (TPSA) is 61.7 Å². The van der Waals surface area contributed by atoms with Gasteiger partial charge in [0.05, 0.1) is 11.8 Å². The van der Waals surface area contributed by atoms with E-state index in [1.165, 1.54) is 0 Å². The maximum atomic E-state index is 13.3. The van der Waals surface area contributed by atoms with Gasteiger partial charge in [-0.1, -0.05) is 18.2 Å². The molecule has 0 aromatic heterocycles. The molecule has 2 N–H and O–H groups in total. The van der Waals surface area contributed by atoms with Gasteiger partial charge in [-0.15, -0.1) is 0 Å². The van der Waals surface area contributed by atoms with Crippen LogP contribution in [0.4, 0.5) is 8.78 Å². The second-order valence-electron chi connectivity index (χ2n) is 3.86. The standard InChI is InChI=1S/C14H10F2N2O2/c15-11-6-7-12(16)13(19)10(11)8-17-18-14(20)9-4-2-1-3-5-9/h1-8,19H,(H,18,20). The van der Waals surface area contributed by atoms with Gasteiger partial charge in [0.25, 0.3) is 5.91 Å². The number of phenols is 1. The molecule has 1 amide bonds. The molecule has 0 aliphatic heterocycles. The molecular formula is C14H10F2N2O2. The normalized spacial score (nSPS) is 10.7. The zero-order valence-corrected chi connectivity index (χ0v) is 10.2. The first-order valence-corrected chi connectivity index (χ1v) is 5.65. The fourth-order valence-corrected chi connectivity index (χ4v) is 1.49. The number of carbonyl (C=O) groups excluding carboxylic acids is 1. The van der Waals surface area contributed by atoms with E-state index in [1.807, 2.05) is 0 Å². The van der Waals surface area contributed by atoms with Crippen LogP contribution in [0.1, 0.15) is 15.9 Å². The van der Waals surface area contributed by atoms with Crippen molar-refractivity contribution in [3.8, 4) is 5.75 Å². The van der Waals surface area contributed by atoms with E-state index in [0.717, 1.165) is 18.3 Å². The van der Waals surface area contributed by atoms with Crippen LogP contribution < -0.4 is 5.43 Å². The van der Waals surface area contributed by atoms with Crippen LogP contribution in [0, 0.1) is 11.6 Å². The maximum absolute atomic E-state index is 13.3. The highest BCUT2D eigenvalue weighted by Crippen LogP contribution is 2.21. The number of nitrogens with one attached hydrogen (secondary N) is 1. The molecule has 0 radical (unpaired) electrons. The summed E-state index contributed by atoms with van der Waals surface area (Å²) in [7, 11) is 0. The third-order valence-electron chi connectivity index (χ3n) is 2.51. The molecule has 0 heterocycles. The van der Waals surface area contributed by atoms with E-state index in [4.69, 9.17) is 0 Å². The molecule has 0 unspecified atom stereocenters. The Balaban J connectivity index is 2.12. The Bertz CT molecular complexity index is 658. The second kappa shape index (κ2) is 5.92. The number of aromatic hydroxyl groups is 1. The summed E-state index contributed by atoms with van der Waals surface area (Å²) in [4.78, 5) is 11.6. The fourth-order valence-electron chi connectivity index (χ4n) is 1.49. The Morgan fingerprint density at radius 1 is 1.10 bits per heavy atom. The first-order chi connectivity index (χ1) is 9.59. The molecule has 102 valence electrons. The van der Waals surface area contributed by atoms with Crippen molar-refractivity contribution < 1.29 is 18.7 Å². The van der Waals surface area contributed by atoms with Crippen LogP contribution in [-0.4, -0.2) is 17.2 Å². The molecule has 0 atom stereocenters. The lowest BCUT2D eigenvalue weighted by Crippen LogP contribution is -2.17. The minimum atomic E-state index is -0.970. The van der Waals surface area contributed by atoms with Crippen molar-refractivity contribution in [3.63, 3.8) is 0 Å². The van der Waals surface area contributed by atoms with E-state index >= 15 is 0 Å². The highest BCUT2D eigenvalue weighted by molar-refractivity contribution is 5.95. The number of carbonyl (C=O) groups is 1. The lowest BCUT2D eigenvalue weighted by atomic mass is 10.2. The van der Waals surface area contributed by atoms with Crippen LogP contribution in [0.2, 0.25) is 0 Å². The molecular weight excluding hydrogens is 266 g/mol. The molecule has 2 aromatic rings. The summed E-state index contributed by atoms with van der Waals surface area (Å²) < 4.78 is 26.4. The number of nitrogens with zero attached hydrogens (tertiary/aromatic N) is 1. The zero-order valence-electron chi connectivity index (χ0n) is 10.2. The monoisotopic (exact) mass is 276 g/mol. The Kier molecular flexibility index (Phi) is 4.05. The van der Waals surface area contributed by atoms with Crippen molar-refractivity contribution in [1.29, 1.82) is 0 Å². The Morgan fingerprint density at radius 3 is 2.45 bits per heavy atom. The Labute approximate surface area is 113 Å². The number of hydrogen-bond donors (Lipinski definition) is 2. The van der Waals surface area contributed by atoms with Crippen molar-refractivity contribution in [3.05, 3.63) is 65.2 Å². The molecule has 0 aliphatic carbocycles. The van der Waals surface area contributed by atoms with Crippen molar-refractivity contribution in [2.45, 2.75) is 0 Å². The van der Waals surface area contributed by atoms with Crippen LogP contribution in [0.3, 0.4) is 0 Å². The van der Waals surface area contributed by atoms with E-state index < -0.39 is 28.9 Å². The maximum Gasteiger partial charge on any atom is 0.271 e. The van der Waals surface area contributed by atoms with Crippen LogP contribution >= 0.6 is 0 Å². The Morgan fingerprint density at radius 2 is 1.75 bits per heavy atom. The predicted octanol–water partition coefficient (Wildman–Crippen LogP) is 2.43. The molecule has 4 nitrogen and oxygen atoms in total. The van der Waals surface area contributed by atoms with Gasteiger partial charge in [-0.05, 0) is 24.3 Å². The number of amides is 1. The van der Waals surface area contributed by atoms with Crippen LogP contribution in [0.25, 0.3) is 0 Å². The van der Waals surface area contributed by atoms with Gasteiger partial charge >= 0.3 is 0 Å². The average molecular weight is 276 g/mol. The third kappa shape index (κ3) is 2.97. The summed E-state index contributed by atoms with van der Waals surface area (Å²) in [6, 6.07) is 9.91. The predicted molar refractivity (Wildman–Crippen MR) is 69.5 cm³/mol. The van der Waals surface area contributed by atoms with Crippen molar-refractivity contribution >= 4 is 12.1 Å². The van der Waals surface area contributed by atoms with Gasteiger partial charge in [0.15, 0.2) is 11.6 Å². The van der Waals surface area contributed by atoms with Crippen LogP contribution in [0.5, 0.6) is 5.75 Å². The van der Waals surface area contributed by atoms with Crippen LogP contribution in [-0.2, 0) is 0 Å². The highest BCUT2D eigenvalue weighted by atomic mass is 19.1. The van der Waals surface area contributed by atoms with Gasteiger partial charge in [0.2, 0.25) is 0 Å². The largest absolute Gasteiger partial charge is 0.504 e. The quantitative estimate of drug-likeness (QED) is 0.668. The first kappa shape index (κ1) is 13.7. The van der Waals surface area contributed by atoms with E-state index in [9.17, 15) is 18.7 Å². The van der Waals surface area contributed by atoms with Gasteiger partial charge in [0.1, 0.15) is 5.82 Å². The summed E-state index contributed by atoms with van der Waals surface area (Å²) in [6.07, 6.45) is 0.842. The smallest absolute Gasteiger partial charge is 0.271 e. The number of hydrogen-bond acceptors (Lipinski definition) is 3. The lowest BCUT2D eigenvalue weighted by molar-refractivity contribution is 0.0955. The van der Waals surface area contributed by atoms with Gasteiger partial charge in [-0.2, -0.15) is 5.10 Å². The summed E-state index contributed by atoms with van der Waals surface area (Å²) in [5.41, 5.74) is 2.09. The summed E-state index contributed by atoms with van der Waals surface area (Å²) >= 11 is 0. The van der Waals surface area contributed by atoms with E-state index in [1.54, 1.807) is 30.3 Å². The summed E-state index contributed by atoms with van der Waals surface area (Å²) in [5, 5.41) is 12.8. The van der Waals surface area contributed by atoms with Gasteiger partial charge < -0.3 is 5.11 Å². The molecule has 0 bridgehead atoms. The van der Waals surface area contributed by atoms with E-state index in [0.29, 0.717) is 5.56 Å². The molecule has 2 rings (SSSR count). The molecule has 0 spiro atoms. The average Bonchev–Trinajstić information content (AvgIpc) is 2.47. The number of rotatable bonds is 3. The minimum absolute atomic E-state index is 0.369. The van der Waals surface area contributed by atoms with Gasteiger partial charge in [0, 0.05) is 5.56 Å². The van der Waals surface area contributed by atoms with E-state index in [-0.39, 0.29) is 0 Å². The summed E-state index contributed by atoms with van der Waals surface area (Å²) in [5.74, 6) is -3.18. The molecule has 0 saturated heterocycles. The van der Waals surface area contributed by atoms with Gasteiger partial charge in [-0.25, -0.2) is 14.2 Å². The minimum Gasteiger partial charge on any atom is -0.504 e. The number of hydrazone groups is 1. The van der Waals surface area contributed by atoms with Crippen molar-refractivity contribution in [2.75, 3.05) is 0 Å². The second-order valence-corrected chi connectivity index (χ2v) is 3.86. The lowest BCUT2D eigenvalue weighted by Gasteiger charge is -2.02. The molecule has 6 heteroatoms. The summed E-state index contributed by atoms with van der Waals surface area (Å²) in [6.45, 7) is 0. The van der Waals surface area contributed by atoms with Crippen molar-refractivity contribution in [2.24, 2.45) is 5.10 Å². The Hall–Kier alpha value is -2.76. The molecule has 0 fully saturated rings. The van der Waals surface area contributed by atoms with E-state index in [2.05, 4.69) is 10.5 Å². The first-order valence-electron chi connectivity index (χ1n) is 5.65. The zero-order chi connectivity index (χ0) is 14.5. The SMILES string of the molecule is O=C(NN=Cc1c(F)ccc(F)c1O)c1ccccc1. The van der Waals surface area contributed by atoms with Gasteiger partial charge in [-0.3, -0.25) is 4.79 Å². The number of benzene rings is 2. The fraction of sp³-hybridized carbons (Fsp3) is 0. The highest BCUT2D eigenvalue weighted by Gasteiger charge is 2.11. The molecule has 0 aliphatic rings. The number of halogens is 2.